The first-order valence-electron chi connectivity index (χ1n) is 5.79. The van der Waals surface area contributed by atoms with E-state index in [2.05, 4.69) is 21.8 Å². The predicted molar refractivity (Wildman–Crippen MR) is 71.5 cm³/mol. The largest absolute Gasteiger partial charge is 0.382 e. The van der Waals surface area contributed by atoms with E-state index in [4.69, 9.17) is 11.6 Å². The lowest BCUT2D eigenvalue weighted by Crippen LogP contribution is -2.12. The van der Waals surface area contributed by atoms with Gasteiger partial charge in [0, 0.05) is 31.9 Å². The molecule has 0 radical (unpaired) electrons. The highest BCUT2D eigenvalue weighted by molar-refractivity contribution is 6.33. The summed E-state index contributed by atoms with van der Waals surface area (Å²) in [4.78, 5) is 4.29. The summed E-state index contributed by atoms with van der Waals surface area (Å²) in [5.41, 5.74) is 0.979. The Morgan fingerprint density at radius 1 is 1.35 bits per heavy atom. The second kappa shape index (κ2) is 5.73. The van der Waals surface area contributed by atoms with Gasteiger partial charge in [-0.2, -0.15) is 0 Å². The van der Waals surface area contributed by atoms with Crippen LogP contribution in [0, 0.1) is 0 Å². The van der Waals surface area contributed by atoms with E-state index in [9.17, 15) is 0 Å². The van der Waals surface area contributed by atoms with Gasteiger partial charge in [0.25, 0.3) is 0 Å². The summed E-state index contributed by atoms with van der Waals surface area (Å²) in [6.07, 6.45) is 4.81. The van der Waals surface area contributed by atoms with Crippen LogP contribution in [0.4, 0.5) is 5.69 Å². The molecule has 0 spiro atoms. The van der Waals surface area contributed by atoms with Crippen LogP contribution in [0.3, 0.4) is 0 Å². The molecule has 0 saturated heterocycles. The molecule has 1 heterocycles. The molecule has 0 bridgehead atoms. The van der Waals surface area contributed by atoms with E-state index in [-0.39, 0.29) is 0 Å². The van der Waals surface area contributed by atoms with Crippen molar-refractivity contribution in [1.29, 1.82) is 0 Å². The molecule has 3 nitrogen and oxygen atoms in total. The second-order valence-corrected chi connectivity index (χ2v) is 4.20. The van der Waals surface area contributed by atoms with Crippen molar-refractivity contribution >= 4 is 17.3 Å². The van der Waals surface area contributed by atoms with Gasteiger partial charge < -0.3 is 9.88 Å². The fourth-order valence-electron chi connectivity index (χ4n) is 1.77. The zero-order valence-electron chi connectivity index (χ0n) is 9.86. The van der Waals surface area contributed by atoms with Gasteiger partial charge in [0.15, 0.2) is 0 Å². The van der Waals surface area contributed by atoms with Crippen LogP contribution in [0.1, 0.15) is 12.7 Å². The Kier molecular flexibility index (Phi) is 4.04. The fourth-order valence-corrected chi connectivity index (χ4v) is 1.98. The average molecular weight is 250 g/mol. The molecule has 1 aromatic heterocycles. The minimum absolute atomic E-state index is 0.758. The Balaban J connectivity index is 1.90. The van der Waals surface area contributed by atoms with Crippen molar-refractivity contribution in [1.82, 2.24) is 9.55 Å². The topological polar surface area (TPSA) is 29.9 Å². The van der Waals surface area contributed by atoms with Crippen LogP contribution in [-0.4, -0.2) is 16.1 Å². The molecule has 1 aromatic carbocycles. The smallest absolute Gasteiger partial charge is 0.108 e. The van der Waals surface area contributed by atoms with E-state index in [1.165, 1.54) is 0 Å². The predicted octanol–water partition coefficient (Wildman–Crippen LogP) is 3.21. The first-order chi connectivity index (χ1) is 8.31. The van der Waals surface area contributed by atoms with Crippen molar-refractivity contribution in [3.63, 3.8) is 0 Å². The number of anilines is 1. The maximum absolute atomic E-state index is 6.06. The SMILES string of the molecule is CCc1nccn1CCNc1ccccc1Cl. The number of imidazole rings is 1. The fraction of sp³-hybridized carbons (Fsp3) is 0.308. The molecular weight excluding hydrogens is 234 g/mol. The number of nitrogens with one attached hydrogen (secondary N) is 1. The number of rotatable bonds is 5. The molecule has 0 unspecified atom stereocenters. The van der Waals surface area contributed by atoms with Gasteiger partial charge in [-0.25, -0.2) is 4.98 Å². The molecule has 1 N–H and O–H groups in total. The van der Waals surface area contributed by atoms with Gasteiger partial charge in [-0.15, -0.1) is 0 Å². The number of hydrogen-bond acceptors (Lipinski definition) is 2. The molecule has 17 heavy (non-hydrogen) atoms. The third-order valence-corrected chi connectivity index (χ3v) is 2.99. The van der Waals surface area contributed by atoms with Crippen molar-refractivity contribution in [2.75, 3.05) is 11.9 Å². The molecule has 0 aliphatic heterocycles. The minimum Gasteiger partial charge on any atom is -0.382 e. The number of para-hydroxylation sites is 1. The lowest BCUT2D eigenvalue weighted by Gasteiger charge is -2.10. The minimum atomic E-state index is 0.758. The Hall–Kier alpha value is -1.48. The number of benzene rings is 1. The maximum Gasteiger partial charge on any atom is 0.108 e. The van der Waals surface area contributed by atoms with Crippen molar-refractivity contribution in [2.24, 2.45) is 0 Å². The van der Waals surface area contributed by atoms with Gasteiger partial charge in [-0.3, -0.25) is 0 Å². The summed E-state index contributed by atoms with van der Waals surface area (Å²) in [6, 6.07) is 7.77. The van der Waals surface area contributed by atoms with E-state index in [1.807, 2.05) is 36.7 Å². The summed E-state index contributed by atoms with van der Waals surface area (Å²) in [5.74, 6) is 1.12. The zero-order valence-corrected chi connectivity index (χ0v) is 10.6. The highest BCUT2D eigenvalue weighted by atomic mass is 35.5. The van der Waals surface area contributed by atoms with Crippen LogP contribution in [0.5, 0.6) is 0 Å². The normalized spacial score (nSPS) is 10.5. The Morgan fingerprint density at radius 3 is 2.94 bits per heavy atom. The molecule has 90 valence electrons. The van der Waals surface area contributed by atoms with Gasteiger partial charge in [-0.1, -0.05) is 30.7 Å². The Morgan fingerprint density at radius 2 is 2.18 bits per heavy atom. The highest BCUT2D eigenvalue weighted by Crippen LogP contribution is 2.19. The molecular formula is C13H16ClN3. The molecule has 2 aromatic rings. The van der Waals surface area contributed by atoms with Crippen LogP contribution in [0.2, 0.25) is 5.02 Å². The number of hydrogen-bond donors (Lipinski definition) is 1. The summed E-state index contributed by atoms with van der Waals surface area (Å²) >= 11 is 6.06. The van der Waals surface area contributed by atoms with Crippen LogP contribution in [0.25, 0.3) is 0 Å². The van der Waals surface area contributed by atoms with E-state index in [0.29, 0.717) is 0 Å². The van der Waals surface area contributed by atoms with Crippen molar-refractivity contribution < 1.29 is 0 Å². The van der Waals surface area contributed by atoms with E-state index >= 15 is 0 Å². The highest BCUT2D eigenvalue weighted by Gasteiger charge is 2.00. The van der Waals surface area contributed by atoms with Gasteiger partial charge >= 0.3 is 0 Å². The zero-order chi connectivity index (χ0) is 12.1. The molecule has 0 atom stereocenters. The first kappa shape index (κ1) is 12.0. The summed E-state index contributed by atoms with van der Waals surface area (Å²) < 4.78 is 2.16. The van der Waals surface area contributed by atoms with Gasteiger partial charge in [0.05, 0.1) is 10.7 Å². The molecule has 2 rings (SSSR count). The van der Waals surface area contributed by atoms with E-state index in [1.54, 1.807) is 0 Å². The van der Waals surface area contributed by atoms with Gasteiger partial charge in [0.2, 0.25) is 0 Å². The third kappa shape index (κ3) is 3.01. The van der Waals surface area contributed by atoms with Crippen molar-refractivity contribution in [2.45, 2.75) is 19.9 Å². The molecule has 0 fully saturated rings. The number of nitrogens with zero attached hydrogens (tertiary/aromatic N) is 2. The number of aryl methyl sites for hydroxylation is 1. The third-order valence-electron chi connectivity index (χ3n) is 2.66. The van der Waals surface area contributed by atoms with E-state index in [0.717, 1.165) is 36.0 Å². The monoisotopic (exact) mass is 249 g/mol. The molecule has 0 amide bonds. The van der Waals surface area contributed by atoms with Gasteiger partial charge in [-0.05, 0) is 12.1 Å². The molecule has 0 aliphatic rings. The van der Waals surface area contributed by atoms with Crippen molar-refractivity contribution in [3.05, 3.63) is 47.5 Å². The maximum atomic E-state index is 6.06. The summed E-state index contributed by atoms with van der Waals surface area (Å²) in [6.45, 7) is 3.85. The average Bonchev–Trinajstić information content (AvgIpc) is 2.79. The standard InChI is InChI=1S/C13H16ClN3/c1-2-13-16-8-10-17(13)9-7-15-12-6-4-3-5-11(12)14/h3-6,8,10,15H,2,7,9H2,1H3. The molecule has 0 saturated carbocycles. The summed E-state index contributed by atoms with van der Waals surface area (Å²) in [7, 11) is 0. The van der Waals surface area contributed by atoms with Crippen LogP contribution < -0.4 is 5.32 Å². The van der Waals surface area contributed by atoms with Crippen LogP contribution in [-0.2, 0) is 13.0 Å². The van der Waals surface area contributed by atoms with Crippen LogP contribution in [0.15, 0.2) is 36.7 Å². The van der Waals surface area contributed by atoms with E-state index < -0.39 is 0 Å². The number of halogens is 1. The molecule has 4 heteroatoms. The molecule has 0 aliphatic carbocycles. The number of aromatic nitrogens is 2. The lowest BCUT2D eigenvalue weighted by atomic mass is 10.3. The summed E-state index contributed by atoms with van der Waals surface area (Å²) in [5, 5.41) is 4.08. The lowest BCUT2D eigenvalue weighted by molar-refractivity contribution is 0.681. The van der Waals surface area contributed by atoms with Crippen LogP contribution >= 0.6 is 11.6 Å². The van der Waals surface area contributed by atoms with Crippen molar-refractivity contribution in [3.8, 4) is 0 Å². The van der Waals surface area contributed by atoms with Gasteiger partial charge in [0.1, 0.15) is 5.82 Å². The Labute approximate surface area is 106 Å². The second-order valence-electron chi connectivity index (χ2n) is 3.80. The quantitative estimate of drug-likeness (QED) is 0.882. The first-order valence-corrected chi connectivity index (χ1v) is 6.17. The Bertz CT molecular complexity index is 479.